The van der Waals surface area contributed by atoms with Crippen LogP contribution in [-0.2, 0) is 21.6 Å². The Morgan fingerprint density at radius 1 is 1.07 bits per heavy atom. The molecule has 0 radical (unpaired) electrons. The molecule has 0 aliphatic heterocycles. The number of nitrogens with zero attached hydrogens (tertiary/aromatic N) is 1. The van der Waals surface area contributed by atoms with Crippen molar-refractivity contribution in [2.75, 3.05) is 0 Å². The highest BCUT2D eigenvalue weighted by molar-refractivity contribution is 6.31. The van der Waals surface area contributed by atoms with Crippen LogP contribution in [-0.4, -0.2) is 28.2 Å². The molecule has 1 aromatic heterocycles. The topological polar surface area (TPSA) is 131 Å². The number of amides is 2. The molecule has 2 atom stereocenters. The Bertz CT molecular complexity index is 1520. The lowest BCUT2D eigenvalue weighted by molar-refractivity contribution is -0.144. The maximum absolute atomic E-state index is 13.3. The Morgan fingerprint density at radius 3 is 2.40 bits per heavy atom. The number of hydrogen-bond donors (Lipinski definition) is 3. The van der Waals surface area contributed by atoms with E-state index in [1.807, 2.05) is 0 Å². The van der Waals surface area contributed by atoms with Crippen molar-refractivity contribution in [2.45, 2.75) is 32.0 Å². The van der Waals surface area contributed by atoms with Crippen LogP contribution < -0.4 is 10.6 Å². The van der Waals surface area contributed by atoms with Crippen molar-refractivity contribution in [3.05, 3.63) is 112 Å². The van der Waals surface area contributed by atoms with E-state index in [1.165, 1.54) is 37.5 Å². The summed E-state index contributed by atoms with van der Waals surface area (Å²) in [4.78, 5) is 37.3. The second-order valence-electron chi connectivity index (χ2n) is 9.08. The Balaban J connectivity index is 1.41. The van der Waals surface area contributed by atoms with Gasteiger partial charge in [-0.2, -0.15) is 0 Å². The lowest BCUT2D eigenvalue weighted by Gasteiger charge is -2.27. The largest absolute Gasteiger partial charge is 0.479 e. The van der Waals surface area contributed by atoms with Crippen LogP contribution in [0.5, 0.6) is 0 Å². The fourth-order valence-corrected chi connectivity index (χ4v) is 4.26. The molecule has 0 spiro atoms. The average molecular weight is 566 g/mol. The number of aliphatic carboxylic acids is 1. The lowest BCUT2D eigenvalue weighted by Crippen LogP contribution is -2.49. The van der Waals surface area contributed by atoms with E-state index in [0.29, 0.717) is 27.4 Å². The molecule has 0 saturated heterocycles. The van der Waals surface area contributed by atoms with Crippen LogP contribution in [0, 0.1) is 5.82 Å². The summed E-state index contributed by atoms with van der Waals surface area (Å²) in [6.45, 7) is 3.09. The molecule has 40 heavy (non-hydrogen) atoms. The van der Waals surface area contributed by atoms with Crippen LogP contribution in [0.4, 0.5) is 9.18 Å². The van der Waals surface area contributed by atoms with Gasteiger partial charge in [0.1, 0.15) is 23.9 Å². The van der Waals surface area contributed by atoms with E-state index in [-0.39, 0.29) is 17.7 Å². The van der Waals surface area contributed by atoms with Crippen molar-refractivity contribution in [2.24, 2.45) is 0 Å². The monoisotopic (exact) mass is 565 g/mol. The van der Waals surface area contributed by atoms with Gasteiger partial charge in [0.25, 0.3) is 5.91 Å². The first-order valence-electron chi connectivity index (χ1n) is 12.1. The zero-order chi connectivity index (χ0) is 28.9. The molecule has 4 aromatic rings. The summed E-state index contributed by atoms with van der Waals surface area (Å²) in [7, 11) is 0. The van der Waals surface area contributed by atoms with Gasteiger partial charge in [0.15, 0.2) is 5.54 Å². The molecule has 0 aliphatic rings. The van der Waals surface area contributed by atoms with Crippen LogP contribution >= 0.6 is 11.6 Å². The molecule has 0 fully saturated rings. The van der Waals surface area contributed by atoms with Crippen LogP contribution in [0.3, 0.4) is 0 Å². The van der Waals surface area contributed by atoms with Crippen LogP contribution in [0.25, 0.3) is 11.3 Å². The van der Waals surface area contributed by atoms with Crippen molar-refractivity contribution in [1.82, 2.24) is 15.8 Å². The van der Waals surface area contributed by atoms with Gasteiger partial charge in [-0.3, -0.25) is 4.79 Å². The quantitative estimate of drug-likeness (QED) is 0.232. The van der Waals surface area contributed by atoms with Gasteiger partial charge in [0.2, 0.25) is 0 Å². The molecule has 4 rings (SSSR count). The van der Waals surface area contributed by atoms with Gasteiger partial charge < -0.3 is 25.0 Å². The van der Waals surface area contributed by atoms with Crippen molar-refractivity contribution in [3.63, 3.8) is 0 Å². The van der Waals surface area contributed by atoms with Gasteiger partial charge in [-0.1, -0.05) is 59.2 Å². The fraction of sp³-hybridized carbons (Fsp3) is 0.172. The average Bonchev–Trinajstić information content (AvgIpc) is 3.41. The maximum Gasteiger partial charge on any atom is 0.408 e. The van der Waals surface area contributed by atoms with Gasteiger partial charge in [0, 0.05) is 27.3 Å². The third-order valence-corrected chi connectivity index (χ3v) is 6.67. The van der Waals surface area contributed by atoms with Crippen molar-refractivity contribution < 1.29 is 33.1 Å². The van der Waals surface area contributed by atoms with Gasteiger partial charge in [-0.15, -0.1) is 0 Å². The van der Waals surface area contributed by atoms with E-state index in [4.69, 9.17) is 20.9 Å². The smallest absolute Gasteiger partial charge is 0.408 e. The number of rotatable bonds is 9. The molecule has 1 heterocycles. The summed E-state index contributed by atoms with van der Waals surface area (Å²) in [5.74, 6) is -2.47. The molecule has 11 heteroatoms. The Morgan fingerprint density at radius 2 is 1.75 bits per heavy atom. The second kappa shape index (κ2) is 12.0. The Kier molecular flexibility index (Phi) is 8.49. The standard InChI is InChI=1S/C29H25ClFN3O6/c1-17(23-5-3-4-6-24(23)30)40-28(38)32-15-20-16-39-34-25(20)18-7-9-19(10-8-18)26(35)33-29(2,27(36)37)21-11-13-22(31)14-12-21/h3-14,16-17H,15H2,1-2H3,(H,32,38)(H,33,35)(H,36,37). The SMILES string of the molecule is CC(OC(=O)NCc1conc1-c1ccc(C(=O)NC(C)(C(=O)O)c2ccc(F)cc2)cc1)c1ccccc1Cl. The zero-order valence-corrected chi connectivity index (χ0v) is 22.2. The number of alkyl carbamates (subject to hydrolysis) is 1. The molecule has 2 amide bonds. The number of carbonyl (C=O) groups excluding carboxylic acids is 2. The van der Waals surface area contributed by atoms with Crippen molar-refractivity contribution in [1.29, 1.82) is 0 Å². The van der Waals surface area contributed by atoms with E-state index in [9.17, 15) is 23.9 Å². The van der Waals surface area contributed by atoms with Crippen molar-refractivity contribution >= 4 is 29.6 Å². The van der Waals surface area contributed by atoms with Crippen molar-refractivity contribution in [3.8, 4) is 11.3 Å². The number of halogens is 2. The highest BCUT2D eigenvalue weighted by Crippen LogP contribution is 2.27. The highest BCUT2D eigenvalue weighted by Gasteiger charge is 2.37. The molecule has 9 nitrogen and oxygen atoms in total. The van der Waals surface area contributed by atoms with E-state index in [0.717, 1.165) is 12.1 Å². The zero-order valence-electron chi connectivity index (χ0n) is 21.5. The number of aromatic nitrogens is 1. The normalized spacial score (nSPS) is 13.1. The maximum atomic E-state index is 13.3. The number of ether oxygens (including phenoxy) is 1. The number of carboxylic acid groups (broad SMARTS) is 1. The lowest BCUT2D eigenvalue weighted by atomic mass is 9.91. The minimum atomic E-state index is -1.79. The summed E-state index contributed by atoms with van der Waals surface area (Å²) in [5, 5.41) is 19.4. The third-order valence-electron chi connectivity index (χ3n) is 6.33. The molecule has 3 N–H and O–H groups in total. The molecule has 0 bridgehead atoms. The van der Waals surface area contributed by atoms with E-state index in [1.54, 1.807) is 43.3 Å². The molecule has 2 unspecified atom stereocenters. The van der Waals surface area contributed by atoms with Gasteiger partial charge in [-0.05, 0) is 49.7 Å². The minimum absolute atomic E-state index is 0.0593. The summed E-state index contributed by atoms with van der Waals surface area (Å²) in [6.07, 6.45) is 0.156. The summed E-state index contributed by atoms with van der Waals surface area (Å²) in [6, 6.07) is 18.2. The Hall–Kier alpha value is -4.70. The summed E-state index contributed by atoms with van der Waals surface area (Å²) in [5.41, 5.74) is 0.897. The number of benzene rings is 3. The van der Waals surface area contributed by atoms with Gasteiger partial charge >= 0.3 is 12.1 Å². The van der Waals surface area contributed by atoms with E-state index in [2.05, 4.69) is 15.8 Å². The first-order valence-corrected chi connectivity index (χ1v) is 12.5. The van der Waals surface area contributed by atoms with Crippen LogP contribution in [0.1, 0.15) is 47.0 Å². The molecular weight excluding hydrogens is 541 g/mol. The minimum Gasteiger partial charge on any atom is -0.479 e. The molecule has 0 aliphatic carbocycles. The van der Waals surface area contributed by atoms with Crippen LogP contribution in [0.15, 0.2) is 83.6 Å². The molecule has 0 saturated carbocycles. The third kappa shape index (κ3) is 6.29. The Labute approximate surface area is 233 Å². The number of nitrogens with one attached hydrogen (secondary N) is 2. The first-order chi connectivity index (χ1) is 19.1. The summed E-state index contributed by atoms with van der Waals surface area (Å²) >= 11 is 6.16. The molecule has 206 valence electrons. The summed E-state index contributed by atoms with van der Waals surface area (Å²) < 4.78 is 23.8. The predicted octanol–water partition coefficient (Wildman–Crippen LogP) is 5.85. The van der Waals surface area contributed by atoms with E-state index < -0.39 is 35.4 Å². The fourth-order valence-electron chi connectivity index (χ4n) is 3.97. The van der Waals surface area contributed by atoms with E-state index >= 15 is 0 Å². The number of carbonyl (C=O) groups is 3. The first kappa shape index (κ1) is 28.3. The molecular formula is C29H25ClFN3O6. The number of carboxylic acids is 1. The number of hydrogen-bond acceptors (Lipinski definition) is 6. The second-order valence-corrected chi connectivity index (χ2v) is 9.49. The highest BCUT2D eigenvalue weighted by atomic mass is 35.5. The predicted molar refractivity (Wildman–Crippen MR) is 144 cm³/mol. The van der Waals surface area contributed by atoms with Gasteiger partial charge in [-0.25, -0.2) is 14.0 Å². The molecule has 3 aromatic carbocycles. The van der Waals surface area contributed by atoms with Crippen LogP contribution in [0.2, 0.25) is 5.02 Å². The van der Waals surface area contributed by atoms with Gasteiger partial charge in [0.05, 0.1) is 6.54 Å².